The Morgan fingerprint density at radius 3 is 2.76 bits per heavy atom. The number of aromatic nitrogens is 1. The predicted molar refractivity (Wildman–Crippen MR) is 106 cm³/mol. The summed E-state index contributed by atoms with van der Waals surface area (Å²) in [6.07, 6.45) is -2.12. The first-order valence-electron chi connectivity index (χ1n) is 9.47. The lowest BCUT2D eigenvalue weighted by atomic mass is 10.0. The Morgan fingerprint density at radius 2 is 1.97 bits per heavy atom. The molecule has 29 heavy (non-hydrogen) atoms. The van der Waals surface area contributed by atoms with Crippen LogP contribution < -0.4 is 10.2 Å². The van der Waals surface area contributed by atoms with E-state index >= 15 is 0 Å². The van der Waals surface area contributed by atoms with E-state index in [9.17, 15) is 14.3 Å². The maximum absolute atomic E-state index is 14.8. The lowest BCUT2D eigenvalue weighted by molar-refractivity contribution is -0.121. The Morgan fingerprint density at radius 1 is 1.24 bits per heavy atom. The highest BCUT2D eigenvalue weighted by molar-refractivity contribution is 5.98. The summed E-state index contributed by atoms with van der Waals surface area (Å²) in [5.74, 6) is 0.275. The number of benzene rings is 2. The number of fused-ring (bicyclic) bond motifs is 1. The number of para-hydroxylation sites is 1. The maximum Gasteiger partial charge on any atom is 0.244 e. The number of nitrogens with one attached hydrogen (secondary N) is 1. The number of anilines is 1. The molecular weight excluding hydrogens is 373 g/mol. The first kappa shape index (κ1) is 19.3. The number of likely N-dealkylation sites (N-methyl/N-ethyl adjacent to an activating group) is 1. The van der Waals surface area contributed by atoms with Gasteiger partial charge >= 0.3 is 0 Å². The van der Waals surface area contributed by atoms with Crippen LogP contribution in [-0.4, -0.2) is 29.3 Å². The normalized spacial score (nSPS) is 20.2. The molecule has 0 aliphatic carbocycles. The molecule has 1 aliphatic rings. The van der Waals surface area contributed by atoms with Crippen molar-refractivity contribution >= 4 is 11.6 Å². The van der Waals surface area contributed by atoms with E-state index in [2.05, 4.69) is 10.5 Å². The van der Waals surface area contributed by atoms with Crippen LogP contribution in [0, 0.1) is 0 Å². The second kappa shape index (κ2) is 8.14. The third-order valence-electron chi connectivity index (χ3n) is 5.14. The number of alkyl halides is 1. The molecule has 2 unspecified atom stereocenters. The van der Waals surface area contributed by atoms with Gasteiger partial charge in [0.1, 0.15) is 17.6 Å². The Kier molecular flexibility index (Phi) is 5.42. The van der Waals surface area contributed by atoms with E-state index in [1.165, 1.54) is 4.90 Å². The van der Waals surface area contributed by atoms with E-state index in [1.807, 2.05) is 30.3 Å². The Labute approximate surface area is 167 Å². The molecule has 0 fully saturated rings. The fourth-order valence-electron chi connectivity index (χ4n) is 3.60. The van der Waals surface area contributed by atoms with Crippen LogP contribution in [0.15, 0.2) is 65.2 Å². The van der Waals surface area contributed by atoms with Crippen molar-refractivity contribution < 1.29 is 18.8 Å². The fourth-order valence-corrected chi connectivity index (χ4v) is 3.60. The van der Waals surface area contributed by atoms with E-state index in [-0.39, 0.29) is 18.0 Å². The molecule has 0 radical (unpaired) electrons. The van der Waals surface area contributed by atoms with Gasteiger partial charge in [-0.15, -0.1) is 0 Å². The van der Waals surface area contributed by atoms with Gasteiger partial charge in [-0.1, -0.05) is 53.7 Å². The molecule has 0 saturated carbocycles. The summed E-state index contributed by atoms with van der Waals surface area (Å²) in [7, 11) is 1.61. The van der Waals surface area contributed by atoms with Crippen LogP contribution in [0.5, 0.6) is 0 Å². The van der Waals surface area contributed by atoms with Crippen molar-refractivity contribution in [2.75, 3.05) is 11.9 Å². The van der Waals surface area contributed by atoms with Crippen LogP contribution in [0.2, 0.25) is 0 Å². The largest absolute Gasteiger partial charge is 0.372 e. The number of halogens is 1. The summed E-state index contributed by atoms with van der Waals surface area (Å²) < 4.78 is 20.1. The molecule has 1 aromatic heterocycles. The fraction of sp³-hybridized carbons (Fsp3) is 0.273. The zero-order valence-electron chi connectivity index (χ0n) is 16.0. The molecule has 2 heterocycles. The van der Waals surface area contributed by atoms with Gasteiger partial charge in [-0.05, 0) is 11.6 Å². The maximum atomic E-state index is 14.8. The minimum Gasteiger partial charge on any atom is -0.372 e. The molecule has 0 saturated heterocycles. The summed E-state index contributed by atoms with van der Waals surface area (Å²) in [5, 5.41) is 17.2. The third-order valence-corrected chi connectivity index (χ3v) is 5.14. The van der Waals surface area contributed by atoms with Gasteiger partial charge < -0.3 is 14.5 Å². The van der Waals surface area contributed by atoms with Crippen molar-refractivity contribution in [2.45, 2.75) is 31.3 Å². The lowest BCUT2D eigenvalue weighted by Crippen LogP contribution is -2.45. The van der Waals surface area contributed by atoms with Crippen LogP contribution in [0.4, 0.5) is 10.1 Å². The Balaban J connectivity index is 1.47. The number of aliphatic hydroxyl groups excluding tert-OH is 1. The average molecular weight is 395 g/mol. The van der Waals surface area contributed by atoms with Crippen LogP contribution in [0.25, 0.3) is 0 Å². The monoisotopic (exact) mass is 395 g/mol. The zero-order valence-corrected chi connectivity index (χ0v) is 16.0. The Hall–Kier alpha value is -3.03. The van der Waals surface area contributed by atoms with Crippen LogP contribution in [0.1, 0.15) is 41.4 Å². The highest BCUT2D eigenvalue weighted by atomic mass is 19.1. The van der Waals surface area contributed by atoms with Gasteiger partial charge in [-0.2, -0.15) is 0 Å². The lowest BCUT2D eigenvalue weighted by Gasteiger charge is -2.23. The quantitative estimate of drug-likeness (QED) is 0.648. The number of hydrogen-bond acceptors (Lipinski definition) is 5. The molecule has 7 heteroatoms. The van der Waals surface area contributed by atoms with Crippen molar-refractivity contribution in [1.82, 2.24) is 10.5 Å². The average Bonchev–Trinajstić information content (AvgIpc) is 3.18. The van der Waals surface area contributed by atoms with E-state index in [0.717, 1.165) is 5.56 Å². The van der Waals surface area contributed by atoms with Crippen LogP contribution in [0.3, 0.4) is 0 Å². The van der Waals surface area contributed by atoms with Crippen LogP contribution >= 0.6 is 0 Å². The number of amides is 1. The molecule has 3 atom stereocenters. The van der Waals surface area contributed by atoms with Gasteiger partial charge in [0.2, 0.25) is 5.91 Å². The second-order valence-corrected chi connectivity index (χ2v) is 7.16. The van der Waals surface area contributed by atoms with E-state index in [0.29, 0.717) is 23.4 Å². The summed E-state index contributed by atoms with van der Waals surface area (Å²) in [4.78, 5) is 14.2. The second-order valence-electron chi connectivity index (χ2n) is 7.16. The van der Waals surface area contributed by atoms with Crippen molar-refractivity contribution in [3.63, 3.8) is 0 Å². The smallest absolute Gasteiger partial charge is 0.244 e. The number of carbonyl (C=O) groups excluding carboxylic acids is 1. The molecule has 0 spiro atoms. The minimum absolute atomic E-state index is 0.0774. The van der Waals surface area contributed by atoms with E-state index < -0.39 is 18.4 Å². The Bertz CT molecular complexity index is 992. The molecule has 1 aliphatic heterocycles. The zero-order chi connectivity index (χ0) is 20.4. The third kappa shape index (κ3) is 4.06. The predicted octanol–water partition coefficient (Wildman–Crippen LogP) is 3.29. The van der Waals surface area contributed by atoms with Gasteiger partial charge in [0.05, 0.1) is 6.04 Å². The molecular formula is C22H22FN3O3. The number of rotatable bonds is 5. The number of nitrogens with zero attached hydrogens (tertiary/aromatic N) is 2. The van der Waals surface area contributed by atoms with Crippen molar-refractivity contribution in [3.8, 4) is 0 Å². The molecule has 2 aromatic carbocycles. The molecule has 0 bridgehead atoms. The highest BCUT2D eigenvalue weighted by Crippen LogP contribution is 2.35. The number of carbonyl (C=O) groups is 1. The number of hydrogen-bond donors (Lipinski definition) is 2. The van der Waals surface area contributed by atoms with Crippen LogP contribution in [-0.2, 0) is 11.2 Å². The summed E-state index contributed by atoms with van der Waals surface area (Å²) in [6, 6.07) is 17.4. The first-order valence-corrected chi connectivity index (χ1v) is 9.47. The summed E-state index contributed by atoms with van der Waals surface area (Å²) >= 11 is 0. The van der Waals surface area contributed by atoms with Crippen molar-refractivity contribution in [2.24, 2.45) is 0 Å². The van der Waals surface area contributed by atoms with Gasteiger partial charge in [0, 0.05) is 37.2 Å². The molecule has 1 amide bonds. The summed E-state index contributed by atoms with van der Waals surface area (Å²) in [6.45, 7) is 0. The topological polar surface area (TPSA) is 78.6 Å². The minimum atomic E-state index is -1.32. The van der Waals surface area contributed by atoms with Crippen molar-refractivity contribution in [3.05, 3.63) is 83.2 Å². The standard InChI is InChI=1S/C22H22FN3O3/c1-26-20-10-6-5-9-16(20)17(23)13-19(22(26)28)24-21(27)18-12-15(29-25-18)11-14-7-3-2-4-8-14/h2-10,12,17,19,21,24,27H,11,13H2,1H3/t17-,19?,21?/m0/s1. The number of aliphatic hydroxyl groups is 1. The summed E-state index contributed by atoms with van der Waals surface area (Å²) in [5.41, 5.74) is 2.31. The molecule has 3 aromatic rings. The van der Waals surface area contributed by atoms with E-state index in [1.54, 1.807) is 37.4 Å². The van der Waals surface area contributed by atoms with Gasteiger partial charge in [0.25, 0.3) is 0 Å². The van der Waals surface area contributed by atoms with Gasteiger partial charge in [-0.25, -0.2) is 4.39 Å². The van der Waals surface area contributed by atoms with Crippen molar-refractivity contribution in [1.29, 1.82) is 0 Å². The van der Waals surface area contributed by atoms with Gasteiger partial charge in [0.15, 0.2) is 6.23 Å². The SMILES string of the molecule is CN1C(=O)C(NC(O)c2cc(Cc3ccccc3)on2)C[C@H](F)c2ccccc21. The molecule has 2 N–H and O–H groups in total. The first-order chi connectivity index (χ1) is 14.0. The molecule has 150 valence electrons. The molecule has 6 nitrogen and oxygen atoms in total. The van der Waals surface area contributed by atoms with E-state index in [4.69, 9.17) is 4.52 Å². The molecule has 4 rings (SSSR count). The van der Waals surface area contributed by atoms with Gasteiger partial charge in [-0.3, -0.25) is 10.1 Å². The highest BCUT2D eigenvalue weighted by Gasteiger charge is 2.34.